The first-order valence-electron chi connectivity index (χ1n) is 6.53. The molecule has 1 saturated heterocycles. The van der Waals surface area contributed by atoms with Gasteiger partial charge < -0.3 is 4.57 Å². The largest absolute Gasteiger partial charge is 0.348 e. The van der Waals surface area contributed by atoms with Crippen LogP contribution in [0.5, 0.6) is 0 Å². The summed E-state index contributed by atoms with van der Waals surface area (Å²) in [6.07, 6.45) is 5.53. The molecule has 0 saturated carbocycles. The van der Waals surface area contributed by atoms with Crippen LogP contribution < -0.4 is 0 Å². The van der Waals surface area contributed by atoms with Crippen molar-refractivity contribution < 1.29 is 4.79 Å². The predicted octanol–water partition coefficient (Wildman–Crippen LogP) is 2.47. The van der Waals surface area contributed by atoms with Crippen LogP contribution in [0.15, 0.2) is 18.3 Å². The van der Waals surface area contributed by atoms with Crippen LogP contribution in [0.4, 0.5) is 0 Å². The Balaban J connectivity index is 2.05. The second kappa shape index (κ2) is 5.05. The highest BCUT2D eigenvalue weighted by molar-refractivity contribution is 5.96. The molecule has 1 aromatic heterocycles. The molecule has 0 amide bonds. The van der Waals surface area contributed by atoms with Crippen molar-refractivity contribution in [3.63, 3.8) is 0 Å². The maximum Gasteiger partial charge on any atom is 0.193 e. The fraction of sp³-hybridized carbons (Fsp3) is 0.643. The van der Waals surface area contributed by atoms with Gasteiger partial charge in [0, 0.05) is 25.3 Å². The van der Waals surface area contributed by atoms with E-state index in [0.29, 0.717) is 18.6 Å². The van der Waals surface area contributed by atoms with E-state index in [1.165, 1.54) is 12.8 Å². The van der Waals surface area contributed by atoms with Crippen LogP contribution in [0.3, 0.4) is 0 Å². The van der Waals surface area contributed by atoms with Gasteiger partial charge in [-0.15, -0.1) is 0 Å². The lowest BCUT2D eigenvalue weighted by atomic mass is 10.1. The first-order chi connectivity index (χ1) is 8.13. The molecule has 2 rings (SSSR count). The highest BCUT2D eigenvalue weighted by Gasteiger charge is 2.30. The maximum atomic E-state index is 12.2. The third-order valence-electron chi connectivity index (χ3n) is 3.98. The third kappa shape index (κ3) is 2.44. The Labute approximate surface area is 103 Å². The number of aromatic nitrogens is 1. The van der Waals surface area contributed by atoms with Gasteiger partial charge in [-0.1, -0.05) is 6.92 Å². The smallest absolute Gasteiger partial charge is 0.193 e. The summed E-state index contributed by atoms with van der Waals surface area (Å²) < 4.78 is 1.91. The van der Waals surface area contributed by atoms with Crippen LogP contribution in [0, 0.1) is 0 Å². The SMILES string of the molecule is CCC1CCC(C)N1CC(=O)c1cccn1C. The van der Waals surface area contributed by atoms with Gasteiger partial charge in [-0.25, -0.2) is 0 Å². The van der Waals surface area contributed by atoms with Gasteiger partial charge >= 0.3 is 0 Å². The van der Waals surface area contributed by atoms with Gasteiger partial charge in [0.2, 0.25) is 0 Å². The molecule has 0 aliphatic carbocycles. The molecule has 0 spiro atoms. The van der Waals surface area contributed by atoms with Crippen LogP contribution in [-0.4, -0.2) is 33.9 Å². The molecule has 2 heterocycles. The van der Waals surface area contributed by atoms with E-state index in [1.807, 2.05) is 29.9 Å². The van der Waals surface area contributed by atoms with Crippen molar-refractivity contribution >= 4 is 5.78 Å². The molecule has 3 heteroatoms. The van der Waals surface area contributed by atoms with Crippen LogP contribution in [0.2, 0.25) is 0 Å². The van der Waals surface area contributed by atoms with Gasteiger partial charge in [-0.2, -0.15) is 0 Å². The summed E-state index contributed by atoms with van der Waals surface area (Å²) in [5, 5.41) is 0. The average molecular weight is 234 g/mol. The van der Waals surface area contributed by atoms with Crippen molar-refractivity contribution in [1.29, 1.82) is 0 Å². The lowest BCUT2D eigenvalue weighted by Gasteiger charge is -2.26. The second-order valence-corrected chi connectivity index (χ2v) is 5.09. The van der Waals surface area contributed by atoms with Gasteiger partial charge in [0.1, 0.15) is 0 Å². The summed E-state index contributed by atoms with van der Waals surface area (Å²) in [7, 11) is 1.93. The van der Waals surface area contributed by atoms with E-state index in [9.17, 15) is 4.79 Å². The molecule has 1 aliphatic heterocycles. The molecule has 0 radical (unpaired) electrons. The van der Waals surface area contributed by atoms with Gasteiger partial charge in [0.25, 0.3) is 0 Å². The highest BCUT2D eigenvalue weighted by Crippen LogP contribution is 2.25. The van der Waals surface area contributed by atoms with Crippen LogP contribution >= 0.6 is 0 Å². The monoisotopic (exact) mass is 234 g/mol. The molecular weight excluding hydrogens is 212 g/mol. The molecule has 2 unspecified atom stereocenters. The molecule has 2 atom stereocenters. The molecule has 17 heavy (non-hydrogen) atoms. The fourth-order valence-electron chi connectivity index (χ4n) is 2.85. The predicted molar refractivity (Wildman–Crippen MR) is 69.2 cm³/mol. The van der Waals surface area contributed by atoms with Crippen LogP contribution in [0.25, 0.3) is 0 Å². The van der Waals surface area contributed by atoms with E-state index in [0.717, 1.165) is 12.1 Å². The van der Waals surface area contributed by atoms with Crippen LogP contribution in [0.1, 0.15) is 43.6 Å². The van der Waals surface area contributed by atoms with Gasteiger partial charge in [-0.3, -0.25) is 9.69 Å². The molecule has 0 aromatic carbocycles. The summed E-state index contributed by atoms with van der Waals surface area (Å²) in [6, 6.07) is 4.97. The summed E-state index contributed by atoms with van der Waals surface area (Å²) in [4.78, 5) is 14.6. The number of ketones is 1. The Morgan fingerprint density at radius 2 is 2.24 bits per heavy atom. The minimum absolute atomic E-state index is 0.240. The van der Waals surface area contributed by atoms with Crippen molar-refractivity contribution in [1.82, 2.24) is 9.47 Å². The van der Waals surface area contributed by atoms with E-state index in [4.69, 9.17) is 0 Å². The molecule has 1 fully saturated rings. The first-order valence-corrected chi connectivity index (χ1v) is 6.53. The standard InChI is InChI=1S/C14H22N2O/c1-4-12-8-7-11(2)16(12)10-14(17)13-6-5-9-15(13)3/h5-6,9,11-12H,4,7-8,10H2,1-3H3. The Morgan fingerprint density at radius 1 is 1.47 bits per heavy atom. The number of hydrogen-bond acceptors (Lipinski definition) is 2. The molecule has 0 N–H and O–H groups in total. The minimum Gasteiger partial charge on any atom is -0.348 e. The van der Waals surface area contributed by atoms with Crippen molar-refractivity contribution in [3.05, 3.63) is 24.0 Å². The fourth-order valence-corrected chi connectivity index (χ4v) is 2.85. The number of rotatable bonds is 4. The lowest BCUT2D eigenvalue weighted by Crippen LogP contribution is -2.38. The quantitative estimate of drug-likeness (QED) is 0.748. The number of likely N-dealkylation sites (tertiary alicyclic amines) is 1. The number of aryl methyl sites for hydroxylation is 1. The Morgan fingerprint density at radius 3 is 2.82 bits per heavy atom. The average Bonchev–Trinajstić information content (AvgIpc) is 2.87. The topological polar surface area (TPSA) is 25.2 Å². The Kier molecular flexibility index (Phi) is 3.67. The number of carbonyl (C=O) groups excluding carboxylic acids is 1. The zero-order valence-corrected chi connectivity index (χ0v) is 11.0. The summed E-state index contributed by atoms with van der Waals surface area (Å²) in [5.41, 5.74) is 0.818. The Bertz CT molecular complexity index is 397. The zero-order valence-electron chi connectivity index (χ0n) is 11.0. The molecule has 1 aliphatic rings. The third-order valence-corrected chi connectivity index (χ3v) is 3.98. The van der Waals surface area contributed by atoms with Crippen LogP contribution in [-0.2, 0) is 7.05 Å². The normalized spacial score (nSPS) is 25.4. The minimum atomic E-state index is 0.240. The number of hydrogen-bond donors (Lipinski definition) is 0. The van der Waals surface area contributed by atoms with E-state index in [2.05, 4.69) is 18.7 Å². The summed E-state index contributed by atoms with van der Waals surface area (Å²) in [6.45, 7) is 5.01. The summed E-state index contributed by atoms with van der Waals surface area (Å²) >= 11 is 0. The number of carbonyl (C=O) groups is 1. The number of nitrogens with zero attached hydrogens (tertiary/aromatic N) is 2. The van der Waals surface area contributed by atoms with E-state index < -0.39 is 0 Å². The highest BCUT2D eigenvalue weighted by atomic mass is 16.1. The van der Waals surface area contributed by atoms with E-state index >= 15 is 0 Å². The van der Waals surface area contributed by atoms with Crippen molar-refractivity contribution in [3.8, 4) is 0 Å². The first kappa shape index (κ1) is 12.4. The molecular formula is C14H22N2O. The molecule has 0 bridgehead atoms. The molecule has 3 nitrogen and oxygen atoms in total. The molecule has 1 aromatic rings. The maximum absolute atomic E-state index is 12.2. The van der Waals surface area contributed by atoms with Crippen molar-refractivity contribution in [2.24, 2.45) is 7.05 Å². The zero-order chi connectivity index (χ0) is 12.4. The summed E-state index contributed by atoms with van der Waals surface area (Å²) in [5.74, 6) is 0.240. The van der Waals surface area contributed by atoms with E-state index in [1.54, 1.807) is 0 Å². The van der Waals surface area contributed by atoms with Gasteiger partial charge in [-0.05, 0) is 38.3 Å². The second-order valence-electron chi connectivity index (χ2n) is 5.09. The van der Waals surface area contributed by atoms with Gasteiger partial charge in [0.15, 0.2) is 5.78 Å². The van der Waals surface area contributed by atoms with E-state index in [-0.39, 0.29) is 5.78 Å². The number of Topliss-reactive ketones (excluding diaryl/α,β-unsaturated/α-hetero) is 1. The lowest BCUT2D eigenvalue weighted by molar-refractivity contribution is 0.0881. The molecule has 94 valence electrons. The Hall–Kier alpha value is -1.09. The van der Waals surface area contributed by atoms with Gasteiger partial charge in [0.05, 0.1) is 12.2 Å². The van der Waals surface area contributed by atoms with Crippen molar-refractivity contribution in [2.45, 2.75) is 45.2 Å². The van der Waals surface area contributed by atoms with Crippen molar-refractivity contribution in [2.75, 3.05) is 6.54 Å².